The van der Waals surface area contributed by atoms with E-state index in [2.05, 4.69) is 15.2 Å². The van der Waals surface area contributed by atoms with Crippen molar-refractivity contribution in [2.24, 2.45) is 17.4 Å². The van der Waals surface area contributed by atoms with Gasteiger partial charge < -0.3 is 36.3 Å². The first-order valence-electron chi connectivity index (χ1n) is 13.3. The smallest absolute Gasteiger partial charge is 0.448 e. The molecule has 1 aromatic rings. The van der Waals surface area contributed by atoms with Crippen LogP contribution in [-0.4, -0.2) is 75.7 Å². The van der Waals surface area contributed by atoms with Crippen LogP contribution >= 0.6 is 7.82 Å². The molecule has 42 heavy (non-hydrogen) atoms. The van der Waals surface area contributed by atoms with Crippen LogP contribution in [0.4, 0.5) is 4.79 Å². The van der Waals surface area contributed by atoms with Gasteiger partial charge in [0.25, 0.3) is 0 Å². The van der Waals surface area contributed by atoms with Crippen LogP contribution in [0.25, 0.3) is 6.08 Å². The zero-order valence-corrected chi connectivity index (χ0v) is 24.3. The number of carbonyl (C=O) groups is 5. The normalized spacial score (nSPS) is 16.6. The molecule has 0 radical (unpaired) electrons. The Morgan fingerprint density at radius 2 is 1.79 bits per heavy atom. The van der Waals surface area contributed by atoms with Crippen LogP contribution in [0, 0.1) is 5.92 Å². The van der Waals surface area contributed by atoms with Gasteiger partial charge in [-0.15, -0.1) is 0 Å². The summed E-state index contributed by atoms with van der Waals surface area (Å²) in [6.07, 6.45) is 2.91. The maximum Gasteiger partial charge on any atom is 0.524 e. The first-order chi connectivity index (χ1) is 19.6. The van der Waals surface area contributed by atoms with Crippen molar-refractivity contribution in [1.29, 1.82) is 0 Å². The van der Waals surface area contributed by atoms with Crippen molar-refractivity contribution in [3.8, 4) is 5.75 Å². The summed E-state index contributed by atoms with van der Waals surface area (Å²) in [5.74, 6) is -2.09. The van der Waals surface area contributed by atoms with Crippen molar-refractivity contribution in [3.63, 3.8) is 0 Å². The number of nitrogens with zero attached hydrogens (tertiary/aromatic N) is 1. The molecule has 5 amide bonds. The predicted octanol–water partition coefficient (Wildman–Crippen LogP) is 0.539. The number of likely N-dealkylation sites (tertiary alicyclic amines) is 1. The van der Waals surface area contributed by atoms with Crippen molar-refractivity contribution in [2.45, 2.75) is 64.1 Å². The highest BCUT2D eigenvalue weighted by Crippen LogP contribution is 2.37. The fourth-order valence-electron chi connectivity index (χ4n) is 4.36. The summed E-state index contributed by atoms with van der Waals surface area (Å²) in [5, 5.41) is 5.41. The van der Waals surface area contributed by atoms with Gasteiger partial charge in [-0.1, -0.05) is 26.0 Å². The van der Waals surface area contributed by atoms with E-state index in [1.54, 1.807) is 0 Å². The first kappa shape index (κ1) is 34.3. The average molecular weight is 612 g/mol. The minimum atomic E-state index is -4.69. The van der Waals surface area contributed by atoms with Crippen molar-refractivity contribution in [3.05, 3.63) is 35.9 Å². The summed E-state index contributed by atoms with van der Waals surface area (Å²) in [4.78, 5) is 80.9. The van der Waals surface area contributed by atoms with Gasteiger partial charge in [0.1, 0.15) is 24.4 Å². The molecule has 0 bridgehead atoms. The highest BCUT2D eigenvalue weighted by atomic mass is 31.2. The van der Waals surface area contributed by atoms with Gasteiger partial charge in [-0.3, -0.25) is 29.0 Å². The lowest BCUT2D eigenvalue weighted by Crippen LogP contribution is -2.55. The van der Waals surface area contributed by atoms with E-state index in [-0.39, 0.29) is 31.1 Å². The van der Waals surface area contributed by atoms with Crippen molar-refractivity contribution < 1.29 is 47.6 Å². The number of rotatable bonds is 15. The fraction of sp³-hybridized carbons (Fsp3) is 0.500. The standard InChI is InChI=1S/C26H38N5O10P/c1-16(2)14-20(30-23(33)12-7-17-5-9-19(10-6-17)41-42(37,38)39)25(35)31-13-3-4-21(31)24(34)29-18(8-11-22(27)32)15-40-26(28)36/h5-7,9-10,12,16,18,20-21H,3-4,8,11,13-15H2,1-2H3,(H2,27,32)(H2,28,36)(H,29,34)(H,30,33)(H2,37,38,39)/b12-7+/t18-,20-,21-/m0/s1. The molecule has 1 aromatic carbocycles. The topological polar surface area (TPSA) is 241 Å². The van der Waals surface area contributed by atoms with Gasteiger partial charge in [-0.05, 0) is 55.4 Å². The van der Waals surface area contributed by atoms with Crippen molar-refractivity contribution in [2.75, 3.05) is 13.2 Å². The molecule has 0 spiro atoms. The predicted molar refractivity (Wildman–Crippen MR) is 150 cm³/mol. The molecule has 2 rings (SSSR count). The molecular formula is C26H38N5O10P. The second kappa shape index (κ2) is 15.9. The first-order valence-corrected chi connectivity index (χ1v) is 14.8. The van der Waals surface area contributed by atoms with Crippen LogP contribution in [0.5, 0.6) is 5.75 Å². The highest BCUT2D eigenvalue weighted by molar-refractivity contribution is 7.46. The van der Waals surface area contributed by atoms with Crippen molar-refractivity contribution >= 4 is 43.6 Å². The molecule has 0 saturated carbocycles. The molecule has 1 fully saturated rings. The maximum atomic E-state index is 13.6. The average Bonchev–Trinajstić information content (AvgIpc) is 3.38. The second-order valence-electron chi connectivity index (χ2n) is 10.2. The van der Waals surface area contributed by atoms with Gasteiger partial charge in [0.2, 0.25) is 23.6 Å². The number of phosphoric ester groups is 1. The zero-order valence-electron chi connectivity index (χ0n) is 23.4. The number of hydrogen-bond donors (Lipinski definition) is 6. The Morgan fingerprint density at radius 3 is 2.36 bits per heavy atom. The number of primary amides is 2. The van der Waals surface area contributed by atoms with Gasteiger partial charge in [0.15, 0.2) is 0 Å². The second-order valence-corrected chi connectivity index (χ2v) is 11.4. The van der Waals surface area contributed by atoms with Gasteiger partial charge in [0.05, 0.1) is 6.04 Å². The highest BCUT2D eigenvalue weighted by Gasteiger charge is 2.38. The van der Waals surface area contributed by atoms with E-state index in [0.29, 0.717) is 31.4 Å². The summed E-state index contributed by atoms with van der Waals surface area (Å²) >= 11 is 0. The third-order valence-electron chi connectivity index (χ3n) is 6.20. The van der Waals surface area contributed by atoms with Crippen molar-refractivity contribution in [1.82, 2.24) is 15.5 Å². The van der Waals surface area contributed by atoms with E-state index in [9.17, 15) is 28.5 Å². The number of carbonyl (C=O) groups excluding carboxylic acids is 5. The van der Waals surface area contributed by atoms with E-state index >= 15 is 0 Å². The molecule has 1 aliphatic rings. The lowest BCUT2D eigenvalue weighted by molar-refractivity contribution is -0.141. The SMILES string of the molecule is CC(C)C[C@H](NC(=O)/C=C/c1ccc(OP(=O)(O)O)cc1)C(=O)N1CCC[C@H]1C(=O)N[C@@H](CCC(N)=O)COC(N)=O. The van der Waals surface area contributed by atoms with Crippen LogP contribution in [0.15, 0.2) is 30.3 Å². The number of nitrogens with one attached hydrogen (secondary N) is 2. The van der Waals surface area contributed by atoms with Gasteiger partial charge >= 0.3 is 13.9 Å². The number of phosphoric acid groups is 1. The van der Waals surface area contributed by atoms with Gasteiger partial charge in [0, 0.05) is 19.0 Å². The molecule has 0 aliphatic carbocycles. The van der Waals surface area contributed by atoms with Crippen LogP contribution < -0.4 is 26.6 Å². The molecular weight excluding hydrogens is 573 g/mol. The Kier molecular flexibility index (Phi) is 13.0. The minimum Gasteiger partial charge on any atom is -0.448 e. The minimum absolute atomic E-state index is 0.0313. The van der Waals surface area contributed by atoms with Crippen LogP contribution in [-0.2, 0) is 28.5 Å². The number of hydrogen-bond acceptors (Lipinski definition) is 8. The summed E-state index contributed by atoms with van der Waals surface area (Å²) in [6, 6.07) is 3.15. The molecule has 15 nitrogen and oxygen atoms in total. The Labute approximate surface area is 243 Å². The quantitative estimate of drug-likeness (QED) is 0.119. The van der Waals surface area contributed by atoms with E-state index in [1.807, 2.05) is 13.8 Å². The molecule has 1 aliphatic heterocycles. The largest absolute Gasteiger partial charge is 0.524 e. The van der Waals surface area contributed by atoms with Gasteiger partial charge in [-0.2, -0.15) is 0 Å². The Balaban J connectivity index is 2.09. The molecule has 0 unspecified atom stereocenters. The third kappa shape index (κ3) is 12.3. The lowest BCUT2D eigenvalue weighted by Gasteiger charge is -2.30. The number of amides is 5. The molecule has 8 N–H and O–H groups in total. The van der Waals surface area contributed by atoms with Crippen LogP contribution in [0.2, 0.25) is 0 Å². The molecule has 1 heterocycles. The number of nitrogens with two attached hydrogens (primary N) is 2. The van der Waals surface area contributed by atoms with Crippen LogP contribution in [0.3, 0.4) is 0 Å². The molecule has 232 valence electrons. The number of benzene rings is 1. The Morgan fingerprint density at radius 1 is 1.12 bits per heavy atom. The summed E-state index contributed by atoms with van der Waals surface area (Å²) in [6.45, 7) is 3.80. The summed E-state index contributed by atoms with van der Waals surface area (Å²) in [5.41, 5.74) is 10.8. The van der Waals surface area contributed by atoms with E-state index in [4.69, 9.17) is 26.0 Å². The Hall–Kier alpha value is -3.94. The molecule has 3 atom stereocenters. The molecule has 1 saturated heterocycles. The van der Waals surface area contributed by atoms with Gasteiger partial charge in [-0.25, -0.2) is 9.36 Å². The third-order valence-corrected chi connectivity index (χ3v) is 6.65. The lowest BCUT2D eigenvalue weighted by atomic mass is 10.0. The molecule has 0 aromatic heterocycles. The molecule has 16 heteroatoms. The zero-order chi connectivity index (χ0) is 31.4. The fourth-order valence-corrected chi connectivity index (χ4v) is 4.76. The summed E-state index contributed by atoms with van der Waals surface area (Å²) < 4.78 is 20.2. The Bertz CT molecular complexity index is 1180. The van der Waals surface area contributed by atoms with Crippen LogP contribution in [0.1, 0.15) is 51.5 Å². The van der Waals surface area contributed by atoms with E-state index in [1.165, 1.54) is 41.3 Å². The summed E-state index contributed by atoms with van der Waals surface area (Å²) in [7, 11) is -4.69. The van der Waals surface area contributed by atoms with E-state index < -0.39 is 55.7 Å². The van der Waals surface area contributed by atoms with E-state index in [0.717, 1.165) is 0 Å². The maximum absolute atomic E-state index is 13.6. The number of ether oxygens (including phenoxy) is 1. The monoisotopic (exact) mass is 611 g/mol.